The summed E-state index contributed by atoms with van der Waals surface area (Å²) in [5, 5.41) is 0. The Kier molecular flexibility index (Phi) is 7.28. The molecule has 19 heavy (non-hydrogen) atoms. The van der Waals surface area contributed by atoms with Crippen molar-refractivity contribution in [2.24, 2.45) is 11.7 Å². The topological polar surface area (TPSA) is 66.6 Å². The zero-order chi connectivity index (χ0) is 14.3. The highest BCUT2D eigenvalue weighted by Gasteiger charge is 2.19. The Morgan fingerprint density at radius 1 is 1.11 bits per heavy atom. The van der Waals surface area contributed by atoms with E-state index in [0.717, 1.165) is 39.3 Å². The maximum Gasteiger partial charge on any atom is 0.151 e. The second-order valence-corrected chi connectivity index (χ2v) is 7.94. The van der Waals surface area contributed by atoms with Crippen LogP contribution in [0.3, 0.4) is 0 Å². The number of nitrogens with two attached hydrogens (primary N) is 1. The van der Waals surface area contributed by atoms with Crippen LogP contribution in [0.25, 0.3) is 0 Å². The summed E-state index contributed by atoms with van der Waals surface area (Å²) in [6.45, 7) is 10.5. The largest absolute Gasteiger partial charge is 0.330 e. The van der Waals surface area contributed by atoms with Gasteiger partial charge in [-0.2, -0.15) is 0 Å². The van der Waals surface area contributed by atoms with Crippen molar-refractivity contribution in [2.45, 2.75) is 20.3 Å². The number of hydrogen-bond donors (Lipinski definition) is 1. The monoisotopic (exact) mass is 291 g/mol. The molecule has 0 aliphatic carbocycles. The van der Waals surface area contributed by atoms with Crippen LogP contribution >= 0.6 is 0 Å². The molecule has 1 aliphatic rings. The van der Waals surface area contributed by atoms with E-state index in [1.165, 1.54) is 0 Å². The molecule has 1 saturated heterocycles. The van der Waals surface area contributed by atoms with E-state index >= 15 is 0 Å². The van der Waals surface area contributed by atoms with Gasteiger partial charge in [-0.05, 0) is 18.9 Å². The Morgan fingerprint density at radius 3 is 2.21 bits per heavy atom. The molecule has 0 amide bonds. The molecule has 1 aliphatic heterocycles. The molecular formula is C13H29N3O2S. The fraction of sp³-hybridized carbons (Fsp3) is 1.00. The van der Waals surface area contributed by atoms with E-state index in [0.29, 0.717) is 30.4 Å². The van der Waals surface area contributed by atoms with Crippen LogP contribution in [0.1, 0.15) is 20.3 Å². The van der Waals surface area contributed by atoms with Gasteiger partial charge in [-0.3, -0.25) is 4.90 Å². The normalized spacial score (nSPS) is 20.6. The molecule has 0 aromatic heterocycles. The van der Waals surface area contributed by atoms with Gasteiger partial charge >= 0.3 is 0 Å². The summed E-state index contributed by atoms with van der Waals surface area (Å²) >= 11 is 0. The second kappa shape index (κ2) is 8.19. The van der Waals surface area contributed by atoms with Crippen LogP contribution in [0, 0.1) is 5.92 Å². The summed E-state index contributed by atoms with van der Waals surface area (Å²) in [5.74, 6) is 1.16. The zero-order valence-corrected chi connectivity index (χ0v) is 13.2. The fourth-order valence-electron chi connectivity index (χ4n) is 2.39. The molecule has 114 valence electrons. The van der Waals surface area contributed by atoms with Crippen LogP contribution in [-0.4, -0.2) is 75.5 Å². The van der Waals surface area contributed by atoms with Gasteiger partial charge in [-0.25, -0.2) is 8.42 Å². The van der Waals surface area contributed by atoms with E-state index in [1.54, 1.807) is 0 Å². The van der Waals surface area contributed by atoms with Gasteiger partial charge in [0.05, 0.1) is 5.75 Å². The molecule has 6 heteroatoms. The van der Waals surface area contributed by atoms with Crippen LogP contribution in [0.2, 0.25) is 0 Å². The van der Waals surface area contributed by atoms with Gasteiger partial charge in [0.2, 0.25) is 0 Å². The van der Waals surface area contributed by atoms with Crippen molar-refractivity contribution >= 4 is 9.84 Å². The van der Waals surface area contributed by atoms with E-state index in [2.05, 4.69) is 16.7 Å². The lowest BCUT2D eigenvalue weighted by molar-refractivity contribution is 0.126. The minimum absolute atomic E-state index is 0.306. The average molecular weight is 291 g/mol. The highest BCUT2D eigenvalue weighted by molar-refractivity contribution is 7.91. The molecule has 1 unspecified atom stereocenters. The second-order valence-electron chi connectivity index (χ2n) is 5.63. The standard InChI is InChI=1S/C13H29N3O2S/c1-3-9-19(17,18)10-8-15-4-6-16(7-5-15)12-13(2)11-14/h13H,3-12,14H2,1-2H3. The van der Waals surface area contributed by atoms with Crippen molar-refractivity contribution in [1.82, 2.24) is 9.80 Å². The summed E-state index contributed by atoms with van der Waals surface area (Å²) in [6, 6.07) is 0. The molecule has 0 aromatic carbocycles. The lowest BCUT2D eigenvalue weighted by Gasteiger charge is -2.35. The maximum absolute atomic E-state index is 11.7. The molecule has 0 aromatic rings. The van der Waals surface area contributed by atoms with Gasteiger partial charge in [0, 0.05) is 45.0 Å². The number of nitrogens with zero attached hydrogens (tertiary/aromatic N) is 2. The van der Waals surface area contributed by atoms with Gasteiger partial charge in [-0.15, -0.1) is 0 Å². The van der Waals surface area contributed by atoms with Crippen molar-refractivity contribution in [3.63, 3.8) is 0 Å². The minimum Gasteiger partial charge on any atom is -0.330 e. The van der Waals surface area contributed by atoms with E-state index in [9.17, 15) is 8.42 Å². The van der Waals surface area contributed by atoms with E-state index < -0.39 is 9.84 Å². The summed E-state index contributed by atoms with van der Waals surface area (Å²) in [7, 11) is -2.84. The summed E-state index contributed by atoms with van der Waals surface area (Å²) in [6.07, 6.45) is 0.715. The first-order chi connectivity index (χ1) is 8.96. The van der Waals surface area contributed by atoms with Crippen LogP contribution in [-0.2, 0) is 9.84 Å². The third kappa shape index (κ3) is 6.70. The Bertz CT molecular complexity index is 338. The van der Waals surface area contributed by atoms with Crippen molar-refractivity contribution < 1.29 is 8.42 Å². The van der Waals surface area contributed by atoms with E-state index in [4.69, 9.17) is 5.73 Å². The van der Waals surface area contributed by atoms with E-state index in [-0.39, 0.29) is 0 Å². The first-order valence-corrected chi connectivity index (χ1v) is 9.14. The van der Waals surface area contributed by atoms with Gasteiger partial charge < -0.3 is 10.6 Å². The predicted octanol–water partition coefficient (Wildman–Crippen LogP) is 0.0236. The number of sulfone groups is 1. The van der Waals surface area contributed by atoms with Crippen molar-refractivity contribution in [3.05, 3.63) is 0 Å². The Balaban J connectivity index is 2.23. The molecule has 0 saturated carbocycles. The lowest BCUT2D eigenvalue weighted by atomic mass is 10.1. The van der Waals surface area contributed by atoms with Crippen molar-refractivity contribution in [1.29, 1.82) is 0 Å². The quantitative estimate of drug-likeness (QED) is 0.683. The SMILES string of the molecule is CCCS(=O)(=O)CCN1CCN(CC(C)CN)CC1. The number of hydrogen-bond acceptors (Lipinski definition) is 5. The molecule has 1 heterocycles. The molecule has 2 N–H and O–H groups in total. The third-order valence-electron chi connectivity index (χ3n) is 3.67. The predicted molar refractivity (Wildman–Crippen MR) is 80.0 cm³/mol. The van der Waals surface area contributed by atoms with Gasteiger partial charge in [0.1, 0.15) is 0 Å². The van der Waals surface area contributed by atoms with Crippen LogP contribution in [0.15, 0.2) is 0 Å². The molecular weight excluding hydrogens is 262 g/mol. The minimum atomic E-state index is -2.84. The Morgan fingerprint density at radius 2 is 1.68 bits per heavy atom. The highest BCUT2D eigenvalue weighted by atomic mass is 32.2. The van der Waals surface area contributed by atoms with Gasteiger partial charge in [-0.1, -0.05) is 13.8 Å². The molecule has 0 bridgehead atoms. The van der Waals surface area contributed by atoms with Gasteiger partial charge in [0.15, 0.2) is 9.84 Å². The first-order valence-electron chi connectivity index (χ1n) is 7.32. The van der Waals surface area contributed by atoms with Gasteiger partial charge in [0.25, 0.3) is 0 Å². The number of piperazine rings is 1. The maximum atomic E-state index is 11.7. The third-order valence-corrected chi connectivity index (χ3v) is 5.51. The summed E-state index contributed by atoms with van der Waals surface area (Å²) in [5.41, 5.74) is 5.64. The smallest absolute Gasteiger partial charge is 0.151 e. The molecule has 1 atom stereocenters. The van der Waals surface area contributed by atoms with Crippen LogP contribution < -0.4 is 5.73 Å². The molecule has 1 rings (SSSR count). The van der Waals surface area contributed by atoms with Crippen LogP contribution in [0.4, 0.5) is 0 Å². The molecule has 5 nitrogen and oxygen atoms in total. The first kappa shape index (κ1) is 16.9. The Labute approximate surface area is 118 Å². The van der Waals surface area contributed by atoms with Crippen molar-refractivity contribution in [3.8, 4) is 0 Å². The molecule has 1 fully saturated rings. The summed E-state index contributed by atoms with van der Waals surface area (Å²) < 4.78 is 23.3. The fourth-order valence-corrected chi connectivity index (χ4v) is 3.75. The number of rotatable bonds is 8. The van der Waals surface area contributed by atoms with Crippen LogP contribution in [0.5, 0.6) is 0 Å². The zero-order valence-electron chi connectivity index (χ0n) is 12.3. The average Bonchev–Trinajstić information content (AvgIpc) is 2.38. The lowest BCUT2D eigenvalue weighted by Crippen LogP contribution is -2.49. The van der Waals surface area contributed by atoms with E-state index in [1.807, 2.05) is 6.92 Å². The molecule has 0 spiro atoms. The summed E-state index contributed by atoms with van der Waals surface area (Å²) in [4.78, 5) is 4.69. The Hall–Kier alpha value is -0.170. The van der Waals surface area contributed by atoms with Crippen molar-refractivity contribution in [2.75, 3.05) is 57.3 Å². The molecule has 0 radical (unpaired) electrons. The highest BCUT2D eigenvalue weighted by Crippen LogP contribution is 2.05.